The van der Waals surface area contributed by atoms with Gasteiger partial charge in [0.1, 0.15) is 0 Å². The Labute approximate surface area is 187 Å². The Kier molecular flexibility index (Phi) is 6.01. The molecule has 0 spiro atoms. The van der Waals surface area contributed by atoms with Gasteiger partial charge in [0.15, 0.2) is 0 Å². The average molecular weight is 483 g/mol. The maximum atomic E-state index is 2.28. The third-order valence-corrected chi connectivity index (χ3v) is 13.7. The van der Waals surface area contributed by atoms with E-state index in [1.54, 1.807) is 0 Å². The summed E-state index contributed by atoms with van der Waals surface area (Å²) in [5.74, 6) is 0. The molecule has 1 aromatic rings. The Morgan fingerprint density at radius 1 is 0.423 bits per heavy atom. The molecule has 130 valence electrons. The van der Waals surface area contributed by atoms with Gasteiger partial charge in [-0.1, -0.05) is 118 Å². The van der Waals surface area contributed by atoms with E-state index in [2.05, 4.69) is 56.7 Å². The minimum Gasteiger partial charge on any atom is -0.0884 e. The molecule has 4 aliphatic heterocycles. The Hall–Kier alpha value is 0.460. The fourth-order valence-electron chi connectivity index (χ4n) is 2.35. The van der Waals surface area contributed by atoms with Gasteiger partial charge in [0.25, 0.3) is 0 Å². The standard InChI is InChI=1S/C18H10S8/c1-2-12(14-10-24-18(26-14)16-21-7-8-22-16)4-3-11(1)13-9-23-17(25-13)15-19-5-6-20-15/h1-10H. The van der Waals surface area contributed by atoms with Crippen LogP contribution in [-0.4, -0.2) is 0 Å². The van der Waals surface area contributed by atoms with Crippen molar-refractivity contribution in [2.24, 2.45) is 0 Å². The number of benzene rings is 1. The fraction of sp³-hybridized carbons (Fsp3) is 0. The van der Waals surface area contributed by atoms with E-state index >= 15 is 0 Å². The zero-order valence-corrected chi connectivity index (χ0v) is 19.6. The van der Waals surface area contributed by atoms with E-state index in [0.29, 0.717) is 0 Å². The first kappa shape index (κ1) is 18.5. The largest absolute Gasteiger partial charge is 0.0884 e. The number of hydrogen-bond acceptors (Lipinski definition) is 8. The van der Waals surface area contributed by atoms with Gasteiger partial charge >= 0.3 is 0 Å². The Morgan fingerprint density at radius 2 is 0.808 bits per heavy atom. The summed E-state index contributed by atoms with van der Waals surface area (Å²) in [6.07, 6.45) is 0. The summed E-state index contributed by atoms with van der Waals surface area (Å²) in [6.45, 7) is 0. The molecule has 0 bridgehead atoms. The van der Waals surface area contributed by atoms with E-state index in [4.69, 9.17) is 0 Å². The van der Waals surface area contributed by atoms with Crippen LogP contribution in [0.25, 0.3) is 9.81 Å². The first-order valence-electron chi connectivity index (χ1n) is 7.52. The quantitative estimate of drug-likeness (QED) is 0.403. The number of thioether (sulfide) groups is 8. The summed E-state index contributed by atoms with van der Waals surface area (Å²) < 4.78 is 5.63. The molecule has 0 amide bonds. The molecule has 0 radical (unpaired) electrons. The molecule has 0 fully saturated rings. The van der Waals surface area contributed by atoms with Crippen LogP contribution in [0.3, 0.4) is 0 Å². The zero-order valence-electron chi connectivity index (χ0n) is 13.0. The second-order valence-electron chi connectivity index (χ2n) is 5.15. The van der Waals surface area contributed by atoms with Gasteiger partial charge in [0.2, 0.25) is 0 Å². The molecule has 0 N–H and O–H groups in total. The third kappa shape index (κ3) is 3.94. The van der Waals surface area contributed by atoms with Crippen molar-refractivity contribution in [1.29, 1.82) is 0 Å². The van der Waals surface area contributed by atoms with Gasteiger partial charge in [-0.3, -0.25) is 0 Å². The number of rotatable bonds is 2. The molecular weight excluding hydrogens is 473 g/mol. The third-order valence-electron chi connectivity index (χ3n) is 3.55. The van der Waals surface area contributed by atoms with Gasteiger partial charge in [0, 0.05) is 9.81 Å². The van der Waals surface area contributed by atoms with E-state index in [-0.39, 0.29) is 0 Å². The van der Waals surface area contributed by atoms with Crippen LogP contribution in [0.1, 0.15) is 11.1 Å². The summed E-state index contributed by atoms with van der Waals surface area (Å²) >= 11 is 14.8. The van der Waals surface area contributed by atoms with Crippen molar-refractivity contribution in [3.05, 3.63) is 84.8 Å². The van der Waals surface area contributed by atoms with Crippen molar-refractivity contribution < 1.29 is 0 Å². The molecule has 8 heteroatoms. The molecule has 1 aromatic carbocycles. The van der Waals surface area contributed by atoms with Crippen molar-refractivity contribution in [3.8, 4) is 0 Å². The van der Waals surface area contributed by atoms with Crippen molar-refractivity contribution in [2.75, 3.05) is 0 Å². The lowest BCUT2D eigenvalue weighted by molar-refractivity contribution is 1.61. The molecule has 0 atom stereocenters. The highest BCUT2D eigenvalue weighted by Gasteiger charge is 2.21. The average Bonchev–Trinajstić information content (AvgIpc) is 3.49. The monoisotopic (exact) mass is 482 g/mol. The van der Waals surface area contributed by atoms with Crippen LogP contribution in [0, 0.1) is 0 Å². The molecule has 0 unspecified atom stereocenters. The minimum absolute atomic E-state index is 1.31. The summed E-state index contributed by atoms with van der Waals surface area (Å²) in [5.41, 5.74) is 2.62. The number of hydrogen-bond donors (Lipinski definition) is 0. The van der Waals surface area contributed by atoms with E-state index in [1.807, 2.05) is 94.1 Å². The van der Waals surface area contributed by atoms with Crippen LogP contribution >= 0.6 is 94.1 Å². The Bertz CT molecular complexity index is 833. The van der Waals surface area contributed by atoms with Gasteiger partial charge < -0.3 is 0 Å². The summed E-state index contributed by atoms with van der Waals surface area (Å²) in [6, 6.07) is 9.03. The van der Waals surface area contributed by atoms with Crippen LogP contribution in [0.2, 0.25) is 0 Å². The molecule has 0 saturated carbocycles. The van der Waals surface area contributed by atoms with E-state index in [0.717, 1.165) is 0 Å². The van der Waals surface area contributed by atoms with Crippen LogP contribution in [0.5, 0.6) is 0 Å². The SMILES string of the molecule is C1=CSC(=C2SC=C(c3ccc(C4=CSC(=C5SC=CS5)S4)cc3)S2)S1. The Balaban J connectivity index is 1.28. The van der Waals surface area contributed by atoms with Crippen molar-refractivity contribution in [1.82, 2.24) is 0 Å². The smallest absolute Gasteiger partial charge is 0.0700 e. The molecule has 4 heterocycles. The van der Waals surface area contributed by atoms with Crippen LogP contribution in [-0.2, 0) is 0 Å². The second kappa shape index (κ2) is 8.45. The fourth-order valence-corrected chi connectivity index (χ4v) is 11.3. The predicted molar refractivity (Wildman–Crippen MR) is 135 cm³/mol. The lowest BCUT2D eigenvalue weighted by atomic mass is 10.1. The molecule has 5 rings (SSSR count). The van der Waals surface area contributed by atoms with Crippen molar-refractivity contribution in [3.63, 3.8) is 0 Å². The topological polar surface area (TPSA) is 0 Å². The van der Waals surface area contributed by atoms with Crippen LogP contribution in [0.15, 0.2) is 73.7 Å². The Morgan fingerprint density at radius 3 is 1.19 bits per heavy atom. The molecule has 0 aliphatic carbocycles. The van der Waals surface area contributed by atoms with Crippen LogP contribution < -0.4 is 0 Å². The van der Waals surface area contributed by atoms with Crippen molar-refractivity contribution >= 4 is 104 Å². The van der Waals surface area contributed by atoms with Gasteiger partial charge in [-0.15, -0.1) is 0 Å². The summed E-state index contributed by atoms with van der Waals surface area (Å²) in [5, 5.41) is 13.2. The van der Waals surface area contributed by atoms with Gasteiger partial charge in [0.05, 0.1) is 16.9 Å². The lowest BCUT2D eigenvalue weighted by Crippen LogP contribution is -1.81. The first-order chi connectivity index (χ1) is 12.9. The molecule has 0 nitrogen and oxygen atoms in total. The summed E-state index contributed by atoms with van der Waals surface area (Å²) in [7, 11) is 0. The van der Waals surface area contributed by atoms with Crippen molar-refractivity contribution in [2.45, 2.75) is 0 Å². The van der Waals surface area contributed by atoms with Crippen LogP contribution in [0.4, 0.5) is 0 Å². The lowest BCUT2D eigenvalue weighted by Gasteiger charge is -2.06. The maximum Gasteiger partial charge on any atom is 0.0700 e. The second-order valence-corrected chi connectivity index (χ2v) is 13.7. The van der Waals surface area contributed by atoms with E-state index in [9.17, 15) is 0 Å². The highest BCUT2D eigenvalue weighted by molar-refractivity contribution is 8.35. The zero-order chi connectivity index (χ0) is 17.3. The predicted octanol–water partition coefficient (Wildman–Crippen LogP) is 9.40. The molecule has 26 heavy (non-hydrogen) atoms. The van der Waals surface area contributed by atoms with E-state index in [1.165, 1.54) is 37.9 Å². The molecule has 0 saturated heterocycles. The normalized spacial score (nSPS) is 22.0. The summed E-state index contributed by atoms with van der Waals surface area (Å²) in [4.78, 5) is 2.71. The molecule has 4 aliphatic rings. The highest BCUT2D eigenvalue weighted by Crippen LogP contribution is 2.57. The highest BCUT2D eigenvalue weighted by atomic mass is 32.2. The first-order valence-corrected chi connectivity index (χ1v) is 14.4. The maximum absolute atomic E-state index is 2.28. The minimum atomic E-state index is 1.31. The van der Waals surface area contributed by atoms with E-state index < -0.39 is 0 Å². The van der Waals surface area contributed by atoms with Gasteiger partial charge in [-0.05, 0) is 43.6 Å². The van der Waals surface area contributed by atoms with Gasteiger partial charge in [-0.25, -0.2) is 0 Å². The molecular formula is C18H10S8. The van der Waals surface area contributed by atoms with Gasteiger partial charge in [-0.2, -0.15) is 0 Å². The molecule has 0 aromatic heterocycles.